The standard InChI is InChI=1S/C9H11N7O2S2/c1-10-6(17)4-8(16(3)14-12-4)19-9-5(7(18)11-2)13-15-20-9/h1-3H3,(H,10,17)(H,11,18). The Bertz CT molecular complexity index is 651. The minimum Gasteiger partial charge on any atom is -0.354 e. The van der Waals surface area contributed by atoms with Gasteiger partial charge in [-0.1, -0.05) is 21.5 Å². The van der Waals surface area contributed by atoms with Crippen molar-refractivity contribution in [3.63, 3.8) is 0 Å². The molecule has 0 aliphatic rings. The Morgan fingerprint density at radius 3 is 2.45 bits per heavy atom. The third-order valence-electron chi connectivity index (χ3n) is 2.31. The molecule has 0 unspecified atom stereocenters. The smallest absolute Gasteiger partial charge is 0.274 e. The van der Waals surface area contributed by atoms with Crippen LogP contribution in [0.15, 0.2) is 9.24 Å². The second-order valence-electron chi connectivity index (χ2n) is 3.54. The summed E-state index contributed by atoms with van der Waals surface area (Å²) < 4.78 is 5.79. The Kier molecular flexibility index (Phi) is 4.29. The number of carbonyl (C=O) groups excluding carboxylic acids is 2. The average molecular weight is 313 g/mol. The van der Waals surface area contributed by atoms with Crippen LogP contribution in [-0.4, -0.2) is 50.5 Å². The molecule has 0 saturated carbocycles. The second kappa shape index (κ2) is 5.96. The summed E-state index contributed by atoms with van der Waals surface area (Å²) in [5, 5.41) is 16.9. The first-order valence-corrected chi connectivity index (χ1v) is 7.01. The van der Waals surface area contributed by atoms with Gasteiger partial charge in [-0.25, -0.2) is 4.68 Å². The topological polar surface area (TPSA) is 115 Å². The molecule has 0 aliphatic heterocycles. The normalized spacial score (nSPS) is 10.3. The molecule has 2 aromatic heterocycles. The maximum Gasteiger partial charge on any atom is 0.274 e. The summed E-state index contributed by atoms with van der Waals surface area (Å²) in [4.78, 5) is 23.3. The molecular formula is C9H11N7O2S2. The molecule has 2 rings (SSSR count). The number of amides is 2. The highest BCUT2D eigenvalue weighted by Crippen LogP contribution is 2.33. The molecule has 2 aromatic rings. The number of nitrogens with zero attached hydrogens (tertiary/aromatic N) is 5. The quantitative estimate of drug-likeness (QED) is 0.784. The second-order valence-corrected chi connectivity index (χ2v) is 5.55. The number of hydrogen-bond acceptors (Lipinski definition) is 8. The van der Waals surface area contributed by atoms with Crippen LogP contribution in [0.5, 0.6) is 0 Å². The van der Waals surface area contributed by atoms with E-state index in [0.717, 1.165) is 11.5 Å². The van der Waals surface area contributed by atoms with Crippen LogP contribution in [0.2, 0.25) is 0 Å². The van der Waals surface area contributed by atoms with Crippen LogP contribution in [0.4, 0.5) is 0 Å². The molecule has 0 bridgehead atoms. The molecule has 9 nitrogen and oxygen atoms in total. The van der Waals surface area contributed by atoms with E-state index in [2.05, 4.69) is 30.5 Å². The summed E-state index contributed by atoms with van der Waals surface area (Å²) in [5.74, 6) is -0.683. The van der Waals surface area contributed by atoms with Crippen LogP contribution in [0.3, 0.4) is 0 Å². The molecule has 2 amide bonds. The number of aryl methyl sites for hydroxylation is 1. The lowest BCUT2D eigenvalue weighted by Gasteiger charge is -2.02. The van der Waals surface area contributed by atoms with Crippen LogP contribution in [0.25, 0.3) is 0 Å². The summed E-state index contributed by atoms with van der Waals surface area (Å²) >= 11 is 2.25. The number of aromatic nitrogens is 5. The van der Waals surface area contributed by atoms with Gasteiger partial charge < -0.3 is 10.6 Å². The molecular weight excluding hydrogens is 302 g/mol. The van der Waals surface area contributed by atoms with Crippen molar-refractivity contribution in [1.82, 2.24) is 35.2 Å². The van der Waals surface area contributed by atoms with Gasteiger partial charge in [0.05, 0.1) is 0 Å². The molecule has 0 spiro atoms. The van der Waals surface area contributed by atoms with Crippen molar-refractivity contribution in [2.45, 2.75) is 9.24 Å². The van der Waals surface area contributed by atoms with Crippen molar-refractivity contribution in [2.75, 3.05) is 14.1 Å². The summed E-state index contributed by atoms with van der Waals surface area (Å²) in [7, 11) is 4.68. The van der Waals surface area contributed by atoms with Crippen LogP contribution in [-0.2, 0) is 7.05 Å². The lowest BCUT2D eigenvalue weighted by atomic mass is 10.4. The van der Waals surface area contributed by atoms with E-state index in [4.69, 9.17) is 0 Å². The molecule has 20 heavy (non-hydrogen) atoms. The van der Waals surface area contributed by atoms with E-state index in [1.54, 1.807) is 7.05 Å². The highest BCUT2D eigenvalue weighted by Gasteiger charge is 2.23. The first-order valence-electron chi connectivity index (χ1n) is 5.42. The van der Waals surface area contributed by atoms with Crippen molar-refractivity contribution < 1.29 is 9.59 Å². The number of rotatable bonds is 4. The molecule has 0 fully saturated rings. The van der Waals surface area contributed by atoms with Crippen molar-refractivity contribution in [3.8, 4) is 0 Å². The van der Waals surface area contributed by atoms with Crippen LogP contribution >= 0.6 is 23.3 Å². The molecule has 0 aromatic carbocycles. The van der Waals surface area contributed by atoms with Gasteiger partial charge in [0.2, 0.25) is 0 Å². The molecule has 106 valence electrons. The lowest BCUT2D eigenvalue weighted by Crippen LogP contribution is -2.20. The summed E-state index contributed by atoms with van der Waals surface area (Å²) in [6.45, 7) is 0. The Morgan fingerprint density at radius 2 is 1.80 bits per heavy atom. The third kappa shape index (κ3) is 2.63. The number of hydrogen-bond donors (Lipinski definition) is 2. The van der Waals surface area contributed by atoms with Crippen molar-refractivity contribution >= 4 is 35.1 Å². The van der Waals surface area contributed by atoms with E-state index in [9.17, 15) is 9.59 Å². The van der Waals surface area contributed by atoms with Gasteiger partial charge in [0.15, 0.2) is 11.4 Å². The van der Waals surface area contributed by atoms with Gasteiger partial charge in [0.1, 0.15) is 9.24 Å². The highest BCUT2D eigenvalue weighted by atomic mass is 32.2. The summed E-state index contributed by atoms with van der Waals surface area (Å²) in [6.07, 6.45) is 0. The van der Waals surface area contributed by atoms with Gasteiger partial charge in [0.25, 0.3) is 11.8 Å². The minimum atomic E-state index is -0.348. The molecule has 2 N–H and O–H groups in total. The zero-order valence-corrected chi connectivity index (χ0v) is 12.5. The fourth-order valence-corrected chi connectivity index (χ4v) is 3.02. The molecule has 0 saturated heterocycles. The van der Waals surface area contributed by atoms with Gasteiger partial charge in [-0.3, -0.25) is 9.59 Å². The highest BCUT2D eigenvalue weighted by molar-refractivity contribution is 8.01. The largest absolute Gasteiger partial charge is 0.354 e. The maximum absolute atomic E-state index is 11.7. The predicted molar refractivity (Wildman–Crippen MR) is 71.8 cm³/mol. The molecule has 0 aliphatic carbocycles. The van der Waals surface area contributed by atoms with E-state index in [1.807, 2.05) is 0 Å². The molecule has 2 heterocycles. The molecule has 0 atom stereocenters. The van der Waals surface area contributed by atoms with E-state index >= 15 is 0 Å². The SMILES string of the molecule is CNC(=O)c1nnsc1Sc1c(C(=O)NC)nnn1C. The maximum atomic E-state index is 11.7. The fraction of sp³-hybridized carbons (Fsp3) is 0.333. The van der Waals surface area contributed by atoms with E-state index in [1.165, 1.54) is 30.5 Å². The van der Waals surface area contributed by atoms with E-state index < -0.39 is 0 Å². The first kappa shape index (κ1) is 14.4. The fourth-order valence-electron chi connectivity index (χ4n) is 1.32. The van der Waals surface area contributed by atoms with Crippen LogP contribution < -0.4 is 10.6 Å². The van der Waals surface area contributed by atoms with Gasteiger partial charge in [-0.2, -0.15) is 0 Å². The van der Waals surface area contributed by atoms with E-state index in [0.29, 0.717) is 9.24 Å². The predicted octanol–water partition coefficient (Wildman–Crippen LogP) is -0.463. The van der Waals surface area contributed by atoms with Gasteiger partial charge in [-0.15, -0.1) is 10.2 Å². The van der Waals surface area contributed by atoms with Crippen molar-refractivity contribution in [3.05, 3.63) is 11.4 Å². The number of nitrogens with one attached hydrogen (secondary N) is 2. The Labute approximate surface area is 122 Å². The first-order chi connectivity index (χ1) is 9.58. The summed E-state index contributed by atoms with van der Waals surface area (Å²) in [5.41, 5.74) is 0.405. The Hall–Kier alpha value is -2.01. The van der Waals surface area contributed by atoms with Crippen LogP contribution in [0.1, 0.15) is 21.0 Å². The minimum absolute atomic E-state index is 0.191. The van der Waals surface area contributed by atoms with Crippen molar-refractivity contribution in [1.29, 1.82) is 0 Å². The summed E-state index contributed by atoms with van der Waals surface area (Å²) in [6, 6.07) is 0. The zero-order chi connectivity index (χ0) is 14.7. The van der Waals surface area contributed by atoms with Gasteiger partial charge in [-0.05, 0) is 11.5 Å². The molecule has 11 heteroatoms. The molecule has 0 radical (unpaired) electrons. The van der Waals surface area contributed by atoms with Gasteiger partial charge >= 0.3 is 0 Å². The average Bonchev–Trinajstić information content (AvgIpc) is 3.06. The Balaban J connectivity index is 2.36. The zero-order valence-electron chi connectivity index (χ0n) is 10.9. The number of carbonyl (C=O) groups is 2. The third-order valence-corrected chi connectivity index (χ3v) is 4.33. The van der Waals surface area contributed by atoms with E-state index in [-0.39, 0.29) is 23.2 Å². The van der Waals surface area contributed by atoms with Gasteiger partial charge in [0, 0.05) is 21.1 Å². The van der Waals surface area contributed by atoms with Crippen molar-refractivity contribution in [2.24, 2.45) is 7.05 Å². The Morgan fingerprint density at radius 1 is 1.15 bits per heavy atom. The van der Waals surface area contributed by atoms with Crippen LogP contribution in [0, 0.1) is 0 Å². The monoisotopic (exact) mass is 313 g/mol. The lowest BCUT2D eigenvalue weighted by molar-refractivity contribution is 0.0948.